The molecule has 1 aromatic heterocycles. The number of thiazole rings is 1. The second-order valence-corrected chi connectivity index (χ2v) is 4.96. The van der Waals surface area contributed by atoms with Gasteiger partial charge in [0.2, 0.25) is 0 Å². The van der Waals surface area contributed by atoms with Crippen LogP contribution in [0.3, 0.4) is 0 Å². The van der Waals surface area contributed by atoms with Gasteiger partial charge in [-0.25, -0.2) is 4.98 Å². The molecule has 1 aliphatic rings. The molecule has 0 unspecified atom stereocenters. The van der Waals surface area contributed by atoms with E-state index in [1.807, 2.05) is 0 Å². The minimum absolute atomic E-state index is 0.654. The fourth-order valence-electron chi connectivity index (χ4n) is 2.12. The van der Waals surface area contributed by atoms with Crippen molar-refractivity contribution in [3.8, 4) is 0 Å². The second-order valence-electron chi connectivity index (χ2n) is 4.02. The number of methoxy groups -OCH3 is 1. The third-order valence-electron chi connectivity index (χ3n) is 2.83. The number of hydrogen-bond acceptors (Lipinski definition) is 3. The lowest BCUT2D eigenvalue weighted by Crippen LogP contribution is -1.98. The standard InChI is InChI=1S/C11H17NOS/c1-13-7-10-8-14-11(12-10)6-9-4-2-3-5-9/h8-9H,2-7H2,1H3. The number of hydrogen-bond donors (Lipinski definition) is 0. The van der Waals surface area contributed by atoms with Gasteiger partial charge < -0.3 is 4.74 Å². The highest BCUT2D eigenvalue weighted by Crippen LogP contribution is 2.28. The molecule has 2 rings (SSSR count). The van der Waals surface area contributed by atoms with Crippen molar-refractivity contribution in [3.05, 3.63) is 16.1 Å². The maximum Gasteiger partial charge on any atom is 0.0932 e. The van der Waals surface area contributed by atoms with Crippen LogP contribution < -0.4 is 0 Å². The van der Waals surface area contributed by atoms with Gasteiger partial charge in [-0.3, -0.25) is 0 Å². The van der Waals surface area contributed by atoms with Gasteiger partial charge >= 0.3 is 0 Å². The van der Waals surface area contributed by atoms with E-state index in [-0.39, 0.29) is 0 Å². The van der Waals surface area contributed by atoms with Gasteiger partial charge in [0, 0.05) is 18.9 Å². The molecular formula is C11H17NOS. The smallest absolute Gasteiger partial charge is 0.0932 e. The highest BCUT2D eigenvalue weighted by molar-refractivity contribution is 7.09. The molecule has 0 aliphatic heterocycles. The molecule has 1 saturated carbocycles. The SMILES string of the molecule is COCc1csc(CC2CCCC2)n1. The van der Waals surface area contributed by atoms with Gasteiger partial charge in [0.1, 0.15) is 0 Å². The Labute approximate surface area is 89.3 Å². The van der Waals surface area contributed by atoms with Crippen LogP contribution in [0.2, 0.25) is 0 Å². The lowest BCUT2D eigenvalue weighted by atomic mass is 10.1. The molecule has 0 aromatic carbocycles. The molecule has 78 valence electrons. The first kappa shape index (κ1) is 10.1. The fraction of sp³-hybridized carbons (Fsp3) is 0.727. The zero-order chi connectivity index (χ0) is 9.80. The normalized spacial score (nSPS) is 17.8. The Morgan fingerprint density at radius 1 is 1.50 bits per heavy atom. The Hall–Kier alpha value is -0.410. The number of ether oxygens (including phenoxy) is 1. The van der Waals surface area contributed by atoms with Crippen LogP contribution in [0.1, 0.15) is 36.4 Å². The maximum atomic E-state index is 5.06. The summed E-state index contributed by atoms with van der Waals surface area (Å²) < 4.78 is 5.06. The Kier molecular flexibility index (Phi) is 3.54. The molecular weight excluding hydrogens is 194 g/mol. The van der Waals surface area contributed by atoms with Crippen molar-refractivity contribution in [1.29, 1.82) is 0 Å². The lowest BCUT2D eigenvalue weighted by Gasteiger charge is -2.04. The maximum absolute atomic E-state index is 5.06. The topological polar surface area (TPSA) is 22.1 Å². The monoisotopic (exact) mass is 211 g/mol. The van der Waals surface area contributed by atoms with Crippen LogP contribution in [-0.2, 0) is 17.8 Å². The summed E-state index contributed by atoms with van der Waals surface area (Å²) in [5, 5.41) is 3.41. The van der Waals surface area contributed by atoms with E-state index in [0.29, 0.717) is 6.61 Å². The summed E-state index contributed by atoms with van der Waals surface area (Å²) in [7, 11) is 1.72. The van der Waals surface area contributed by atoms with E-state index >= 15 is 0 Å². The van der Waals surface area contributed by atoms with Crippen LogP contribution in [0, 0.1) is 5.92 Å². The van der Waals surface area contributed by atoms with E-state index in [2.05, 4.69) is 10.4 Å². The fourth-order valence-corrected chi connectivity index (χ4v) is 3.01. The molecule has 0 bridgehead atoms. The first-order valence-corrected chi connectivity index (χ1v) is 6.18. The third kappa shape index (κ3) is 2.55. The minimum atomic E-state index is 0.654. The van der Waals surface area contributed by atoms with Crippen LogP contribution in [0.4, 0.5) is 0 Å². The molecule has 14 heavy (non-hydrogen) atoms. The first-order valence-electron chi connectivity index (χ1n) is 5.30. The molecule has 1 aromatic rings. The van der Waals surface area contributed by atoms with Crippen molar-refractivity contribution < 1.29 is 4.74 Å². The van der Waals surface area contributed by atoms with Crippen LogP contribution in [0.15, 0.2) is 5.38 Å². The second kappa shape index (κ2) is 4.89. The Balaban J connectivity index is 1.88. The largest absolute Gasteiger partial charge is 0.378 e. The molecule has 2 nitrogen and oxygen atoms in total. The molecule has 1 fully saturated rings. The minimum Gasteiger partial charge on any atom is -0.378 e. The molecule has 0 radical (unpaired) electrons. The molecule has 1 heterocycles. The molecule has 3 heteroatoms. The van der Waals surface area contributed by atoms with Gasteiger partial charge in [0.15, 0.2) is 0 Å². The summed E-state index contributed by atoms with van der Waals surface area (Å²) in [6.45, 7) is 0.654. The van der Waals surface area contributed by atoms with Crippen LogP contribution in [0.25, 0.3) is 0 Å². The van der Waals surface area contributed by atoms with Crippen molar-refractivity contribution in [2.24, 2.45) is 5.92 Å². The zero-order valence-electron chi connectivity index (χ0n) is 8.66. The Morgan fingerprint density at radius 2 is 2.29 bits per heavy atom. The highest BCUT2D eigenvalue weighted by Gasteiger charge is 2.16. The van der Waals surface area contributed by atoms with E-state index in [9.17, 15) is 0 Å². The van der Waals surface area contributed by atoms with Gasteiger partial charge in [-0.2, -0.15) is 0 Å². The molecule has 0 saturated heterocycles. The predicted octanol–water partition coefficient (Wildman–Crippen LogP) is 3.02. The van der Waals surface area contributed by atoms with E-state index in [1.54, 1.807) is 18.4 Å². The van der Waals surface area contributed by atoms with Crippen molar-refractivity contribution in [1.82, 2.24) is 4.98 Å². The van der Waals surface area contributed by atoms with E-state index in [1.165, 1.54) is 37.1 Å². The quantitative estimate of drug-likeness (QED) is 0.763. The molecule has 0 amide bonds. The Morgan fingerprint density at radius 3 is 3.00 bits per heavy atom. The van der Waals surface area contributed by atoms with Gasteiger partial charge in [-0.15, -0.1) is 11.3 Å². The van der Waals surface area contributed by atoms with Crippen LogP contribution >= 0.6 is 11.3 Å². The van der Waals surface area contributed by atoms with Gasteiger partial charge in [-0.05, 0) is 5.92 Å². The first-order chi connectivity index (χ1) is 6.88. The van der Waals surface area contributed by atoms with Gasteiger partial charge in [-0.1, -0.05) is 25.7 Å². The number of rotatable bonds is 4. The highest BCUT2D eigenvalue weighted by atomic mass is 32.1. The summed E-state index contributed by atoms with van der Waals surface area (Å²) in [6.07, 6.45) is 6.83. The van der Waals surface area contributed by atoms with Gasteiger partial charge in [0.05, 0.1) is 17.3 Å². The van der Waals surface area contributed by atoms with E-state index in [4.69, 9.17) is 4.74 Å². The van der Waals surface area contributed by atoms with Crippen molar-refractivity contribution >= 4 is 11.3 Å². The number of nitrogens with zero attached hydrogens (tertiary/aromatic N) is 1. The summed E-state index contributed by atoms with van der Waals surface area (Å²) >= 11 is 1.79. The summed E-state index contributed by atoms with van der Waals surface area (Å²) in [6, 6.07) is 0. The van der Waals surface area contributed by atoms with Crippen molar-refractivity contribution in [3.63, 3.8) is 0 Å². The average Bonchev–Trinajstić information content (AvgIpc) is 2.79. The Bertz CT molecular complexity index is 279. The van der Waals surface area contributed by atoms with Gasteiger partial charge in [0.25, 0.3) is 0 Å². The van der Waals surface area contributed by atoms with Crippen molar-refractivity contribution in [2.75, 3.05) is 7.11 Å². The molecule has 0 spiro atoms. The summed E-state index contributed by atoms with van der Waals surface area (Å²) in [5.74, 6) is 0.900. The molecule has 0 atom stereocenters. The van der Waals surface area contributed by atoms with Crippen LogP contribution in [-0.4, -0.2) is 12.1 Å². The third-order valence-corrected chi connectivity index (χ3v) is 3.75. The molecule has 0 N–H and O–H groups in total. The average molecular weight is 211 g/mol. The van der Waals surface area contributed by atoms with Crippen molar-refractivity contribution in [2.45, 2.75) is 38.7 Å². The van der Waals surface area contributed by atoms with E-state index < -0.39 is 0 Å². The molecule has 1 aliphatic carbocycles. The lowest BCUT2D eigenvalue weighted by molar-refractivity contribution is 0.182. The number of aromatic nitrogens is 1. The van der Waals surface area contributed by atoms with Crippen LogP contribution in [0.5, 0.6) is 0 Å². The predicted molar refractivity (Wildman–Crippen MR) is 58.5 cm³/mol. The summed E-state index contributed by atoms with van der Waals surface area (Å²) in [5.41, 5.74) is 1.09. The van der Waals surface area contributed by atoms with E-state index in [0.717, 1.165) is 11.6 Å². The summed E-state index contributed by atoms with van der Waals surface area (Å²) in [4.78, 5) is 4.56. The zero-order valence-corrected chi connectivity index (χ0v) is 9.48.